The Morgan fingerprint density at radius 3 is 2.29 bits per heavy atom. The van der Waals surface area contributed by atoms with Crippen LogP contribution in [0.25, 0.3) is 0 Å². The average Bonchev–Trinajstić information content (AvgIpc) is 2.01. The molecule has 0 aliphatic heterocycles. The van der Waals surface area contributed by atoms with Crippen LogP contribution in [-0.4, -0.2) is 11.8 Å². The van der Waals surface area contributed by atoms with Crippen LogP contribution in [0.1, 0.15) is 23.6 Å². The lowest BCUT2D eigenvalue weighted by Gasteiger charge is -2.06. The van der Waals surface area contributed by atoms with E-state index in [9.17, 15) is 0 Å². The molecule has 1 unspecified atom stereocenters. The summed E-state index contributed by atoms with van der Waals surface area (Å²) < 4.78 is 0. The van der Waals surface area contributed by atoms with Crippen molar-refractivity contribution in [1.29, 1.82) is 0 Å². The zero-order chi connectivity index (χ0) is 10.6. The Bertz CT molecular complexity index is 274. The molecule has 0 radical (unpaired) electrons. The first-order chi connectivity index (χ1) is 6.58. The van der Waals surface area contributed by atoms with Gasteiger partial charge in [-0.3, -0.25) is 0 Å². The summed E-state index contributed by atoms with van der Waals surface area (Å²) in [6, 6.07) is 7.01. The van der Waals surface area contributed by atoms with Gasteiger partial charge in [-0.1, -0.05) is 29.3 Å². The zero-order valence-corrected chi connectivity index (χ0v) is 10.0. The van der Waals surface area contributed by atoms with E-state index in [2.05, 4.69) is 39.0 Å². The average molecular weight is 209 g/mol. The minimum atomic E-state index is 0.297. The number of hydrogen-bond acceptors (Lipinski definition) is 2. The maximum atomic E-state index is 5.70. The van der Waals surface area contributed by atoms with Crippen LogP contribution in [0.2, 0.25) is 0 Å². The molecule has 0 aliphatic carbocycles. The van der Waals surface area contributed by atoms with Crippen LogP contribution in [0.4, 0.5) is 0 Å². The van der Waals surface area contributed by atoms with E-state index in [0.717, 1.165) is 11.5 Å². The van der Waals surface area contributed by atoms with Crippen LogP contribution < -0.4 is 5.73 Å². The number of benzene rings is 1. The summed E-state index contributed by atoms with van der Waals surface area (Å²) in [5.74, 6) is 2.11. The molecule has 0 amide bonds. The Morgan fingerprint density at radius 1 is 1.21 bits per heavy atom. The molecule has 0 heterocycles. The van der Waals surface area contributed by atoms with Crippen LogP contribution >= 0.6 is 11.8 Å². The zero-order valence-electron chi connectivity index (χ0n) is 9.21. The molecule has 1 nitrogen and oxygen atoms in total. The van der Waals surface area contributed by atoms with Crippen molar-refractivity contribution >= 4 is 11.8 Å². The minimum Gasteiger partial charge on any atom is -0.327 e. The Labute approximate surface area is 91.1 Å². The number of aryl methyl sites for hydroxylation is 2. The van der Waals surface area contributed by atoms with Gasteiger partial charge in [-0.25, -0.2) is 0 Å². The van der Waals surface area contributed by atoms with E-state index < -0.39 is 0 Å². The Balaban J connectivity index is 2.50. The topological polar surface area (TPSA) is 26.0 Å². The van der Waals surface area contributed by atoms with E-state index >= 15 is 0 Å². The molecule has 0 aliphatic rings. The first-order valence-electron chi connectivity index (χ1n) is 4.98. The first kappa shape index (κ1) is 11.6. The molecule has 0 saturated heterocycles. The lowest BCUT2D eigenvalue weighted by molar-refractivity contribution is 0.847. The first-order valence-corrected chi connectivity index (χ1v) is 6.14. The van der Waals surface area contributed by atoms with Gasteiger partial charge < -0.3 is 5.73 Å². The van der Waals surface area contributed by atoms with Crippen molar-refractivity contribution in [2.24, 2.45) is 5.73 Å². The highest BCUT2D eigenvalue weighted by molar-refractivity contribution is 7.98. The molecule has 2 N–H and O–H groups in total. The van der Waals surface area contributed by atoms with Crippen LogP contribution in [0.15, 0.2) is 18.2 Å². The SMILES string of the molecule is Cc1cc(C)cc(CSCC(C)N)c1. The maximum Gasteiger partial charge on any atom is 0.0185 e. The van der Waals surface area contributed by atoms with E-state index in [1.54, 1.807) is 0 Å². The number of nitrogens with two attached hydrogens (primary N) is 1. The van der Waals surface area contributed by atoms with E-state index in [1.165, 1.54) is 16.7 Å². The molecule has 14 heavy (non-hydrogen) atoms. The highest BCUT2D eigenvalue weighted by Gasteiger charge is 1.98. The summed E-state index contributed by atoms with van der Waals surface area (Å²) in [6.45, 7) is 6.34. The van der Waals surface area contributed by atoms with E-state index in [-0.39, 0.29) is 0 Å². The third-order valence-electron chi connectivity index (χ3n) is 1.93. The Morgan fingerprint density at radius 2 is 1.79 bits per heavy atom. The molecule has 1 rings (SSSR count). The van der Waals surface area contributed by atoms with Gasteiger partial charge in [-0.2, -0.15) is 11.8 Å². The molecule has 1 aromatic carbocycles. The molecular weight excluding hydrogens is 190 g/mol. The molecule has 0 bridgehead atoms. The summed E-state index contributed by atoms with van der Waals surface area (Å²) in [7, 11) is 0. The van der Waals surface area contributed by atoms with E-state index in [0.29, 0.717) is 6.04 Å². The summed E-state index contributed by atoms with van der Waals surface area (Å²) in [5.41, 5.74) is 9.80. The van der Waals surface area contributed by atoms with Crippen molar-refractivity contribution < 1.29 is 0 Å². The Kier molecular flexibility index (Phi) is 4.49. The van der Waals surface area contributed by atoms with E-state index in [1.807, 2.05) is 11.8 Å². The van der Waals surface area contributed by atoms with Gasteiger partial charge in [-0.05, 0) is 26.3 Å². The van der Waals surface area contributed by atoms with Crippen molar-refractivity contribution in [3.8, 4) is 0 Å². The van der Waals surface area contributed by atoms with Gasteiger partial charge in [0, 0.05) is 17.5 Å². The van der Waals surface area contributed by atoms with Gasteiger partial charge >= 0.3 is 0 Å². The third-order valence-corrected chi connectivity index (χ3v) is 3.23. The van der Waals surface area contributed by atoms with Gasteiger partial charge in [0.15, 0.2) is 0 Å². The highest BCUT2D eigenvalue weighted by Crippen LogP contribution is 2.16. The molecule has 0 fully saturated rings. The molecule has 78 valence electrons. The summed E-state index contributed by atoms with van der Waals surface area (Å²) in [6.07, 6.45) is 0. The van der Waals surface area contributed by atoms with Crippen molar-refractivity contribution in [3.63, 3.8) is 0 Å². The second-order valence-corrected chi connectivity index (χ2v) is 5.02. The smallest absolute Gasteiger partial charge is 0.0185 e. The number of hydrogen-bond donors (Lipinski definition) is 1. The van der Waals surface area contributed by atoms with Gasteiger partial charge in [0.25, 0.3) is 0 Å². The lowest BCUT2D eigenvalue weighted by Crippen LogP contribution is -2.17. The van der Waals surface area contributed by atoms with Crippen molar-refractivity contribution in [1.82, 2.24) is 0 Å². The highest BCUT2D eigenvalue weighted by atomic mass is 32.2. The lowest BCUT2D eigenvalue weighted by atomic mass is 10.1. The second kappa shape index (κ2) is 5.42. The largest absolute Gasteiger partial charge is 0.327 e. The fraction of sp³-hybridized carbons (Fsp3) is 0.500. The minimum absolute atomic E-state index is 0.297. The van der Waals surface area contributed by atoms with Gasteiger partial charge in [0.2, 0.25) is 0 Å². The normalized spacial score (nSPS) is 12.9. The third kappa shape index (κ3) is 4.16. The van der Waals surface area contributed by atoms with Crippen LogP contribution in [0, 0.1) is 13.8 Å². The summed E-state index contributed by atoms with van der Waals surface area (Å²) >= 11 is 1.91. The molecule has 2 heteroatoms. The van der Waals surface area contributed by atoms with E-state index in [4.69, 9.17) is 5.73 Å². The molecule has 0 aromatic heterocycles. The van der Waals surface area contributed by atoms with Gasteiger partial charge in [0.05, 0.1) is 0 Å². The Hall–Kier alpha value is -0.470. The van der Waals surface area contributed by atoms with Crippen molar-refractivity contribution in [3.05, 3.63) is 34.9 Å². The fourth-order valence-electron chi connectivity index (χ4n) is 1.51. The standard InChI is InChI=1S/C12H19NS/c1-9-4-10(2)6-12(5-9)8-14-7-11(3)13/h4-6,11H,7-8,13H2,1-3H3. The number of thioether (sulfide) groups is 1. The molecular formula is C12H19NS. The summed E-state index contributed by atoms with van der Waals surface area (Å²) in [5, 5.41) is 0. The molecule has 0 saturated carbocycles. The summed E-state index contributed by atoms with van der Waals surface area (Å²) in [4.78, 5) is 0. The van der Waals surface area contributed by atoms with Crippen LogP contribution in [-0.2, 0) is 5.75 Å². The molecule has 1 atom stereocenters. The quantitative estimate of drug-likeness (QED) is 0.825. The monoisotopic (exact) mass is 209 g/mol. The number of rotatable bonds is 4. The maximum absolute atomic E-state index is 5.70. The van der Waals surface area contributed by atoms with Gasteiger partial charge in [-0.15, -0.1) is 0 Å². The van der Waals surface area contributed by atoms with Crippen molar-refractivity contribution in [2.75, 3.05) is 5.75 Å². The van der Waals surface area contributed by atoms with Crippen molar-refractivity contribution in [2.45, 2.75) is 32.6 Å². The fourth-order valence-corrected chi connectivity index (χ4v) is 2.41. The second-order valence-electron chi connectivity index (χ2n) is 3.99. The molecule has 1 aromatic rings. The van der Waals surface area contributed by atoms with Gasteiger partial charge in [0.1, 0.15) is 0 Å². The predicted molar refractivity (Wildman–Crippen MR) is 65.7 cm³/mol. The predicted octanol–water partition coefficient (Wildman–Crippen LogP) is 2.88. The molecule has 0 spiro atoms. The van der Waals surface area contributed by atoms with Crippen LogP contribution in [0.5, 0.6) is 0 Å². The van der Waals surface area contributed by atoms with Crippen LogP contribution in [0.3, 0.4) is 0 Å².